The quantitative estimate of drug-likeness (QED) is 0.678. The molecular formula is C18H21FN4O. The molecular weight excluding hydrogens is 307 g/mol. The van der Waals surface area contributed by atoms with Gasteiger partial charge in [-0.3, -0.25) is 9.13 Å². The minimum Gasteiger partial charge on any atom is -0.290 e. The zero-order chi connectivity index (χ0) is 17.6. The van der Waals surface area contributed by atoms with Crippen LogP contribution in [0, 0.1) is 18.3 Å². The van der Waals surface area contributed by atoms with Crippen LogP contribution in [0.1, 0.15) is 26.5 Å². The van der Waals surface area contributed by atoms with Gasteiger partial charge in [-0.05, 0) is 36.6 Å². The molecule has 6 heteroatoms. The summed E-state index contributed by atoms with van der Waals surface area (Å²) in [6.07, 6.45) is 0. The standard InChI is InChI=1S/C18H21FN4O/c1-11-12(6-9-15(19)20-11)13-7-8-14-16(21-13)22(5)17(24)23(14)10-18(2,3)4/h6-9H,10H2,1-5H3. The highest BCUT2D eigenvalue weighted by atomic mass is 19.1. The molecule has 0 bridgehead atoms. The molecule has 0 radical (unpaired) electrons. The summed E-state index contributed by atoms with van der Waals surface area (Å²) in [4.78, 5) is 21.0. The van der Waals surface area contributed by atoms with Crippen molar-refractivity contribution in [1.29, 1.82) is 0 Å². The number of aromatic nitrogens is 4. The molecule has 0 N–H and O–H groups in total. The first-order valence-corrected chi connectivity index (χ1v) is 7.87. The molecule has 126 valence electrons. The van der Waals surface area contributed by atoms with E-state index < -0.39 is 5.95 Å². The molecule has 0 aromatic carbocycles. The molecule has 5 nitrogen and oxygen atoms in total. The predicted octanol–water partition coefficient (Wildman–Crippen LogP) is 3.29. The molecule has 0 fully saturated rings. The van der Waals surface area contributed by atoms with Gasteiger partial charge >= 0.3 is 5.69 Å². The summed E-state index contributed by atoms with van der Waals surface area (Å²) in [6.45, 7) is 8.63. The zero-order valence-corrected chi connectivity index (χ0v) is 14.6. The van der Waals surface area contributed by atoms with Gasteiger partial charge in [-0.1, -0.05) is 20.8 Å². The SMILES string of the molecule is Cc1nc(F)ccc1-c1ccc2c(n1)n(C)c(=O)n2CC(C)(C)C. The maximum Gasteiger partial charge on any atom is 0.330 e. The van der Waals surface area contributed by atoms with E-state index >= 15 is 0 Å². The van der Waals surface area contributed by atoms with Crippen LogP contribution >= 0.6 is 0 Å². The van der Waals surface area contributed by atoms with Crippen LogP contribution in [-0.2, 0) is 13.6 Å². The van der Waals surface area contributed by atoms with Crippen molar-refractivity contribution in [2.45, 2.75) is 34.2 Å². The molecule has 24 heavy (non-hydrogen) atoms. The van der Waals surface area contributed by atoms with Crippen molar-refractivity contribution in [2.75, 3.05) is 0 Å². The molecule has 0 aliphatic carbocycles. The number of aryl methyl sites for hydroxylation is 2. The minimum absolute atomic E-state index is 0.0196. The molecule has 3 aromatic rings. The van der Waals surface area contributed by atoms with Crippen LogP contribution in [0.5, 0.6) is 0 Å². The van der Waals surface area contributed by atoms with E-state index in [-0.39, 0.29) is 11.1 Å². The van der Waals surface area contributed by atoms with E-state index in [0.717, 1.165) is 11.1 Å². The summed E-state index contributed by atoms with van der Waals surface area (Å²) < 4.78 is 16.5. The van der Waals surface area contributed by atoms with Crippen LogP contribution < -0.4 is 5.69 Å². The van der Waals surface area contributed by atoms with Gasteiger partial charge in [-0.25, -0.2) is 14.8 Å². The Balaban J connectivity index is 2.19. The van der Waals surface area contributed by atoms with E-state index in [1.54, 1.807) is 29.2 Å². The average Bonchev–Trinajstić information content (AvgIpc) is 2.71. The Morgan fingerprint density at radius 1 is 1.12 bits per heavy atom. The number of rotatable bonds is 2. The molecule has 0 unspecified atom stereocenters. The highest BCUT2D eigenvalue weighted by Crippen LogP contribution is 2.24. The number of fused-ring (bicyclic) bond motifs is 1. The van der Waals surface area contributed by atoms with Crippen molar-refractivity contribution in [3.05, 3.63) is 46.4 Å². The Morgan fingerprint density at radius 3 is 2.46 bits per heavy atom. The lowest BCUT2D eigenvalue weighted by Gasteiger charge is -2.18. The van der Waals surface area contributed by atoms with Crippen molar-refractivity contribution in [3.8, 4) is 11.3 Å². The van der Waals surface area contributed by atoms with E-state index in [4.69, 9.17) is 0 Å². The summed E-state index contributed by atoms with van der Waals surface area (Å²) in [5.41, 5.74) is 3.32. The average molecular weight is 328 g/mol. The topological polar surface area (TPSA) is 52.7 Å². The second-order valence-corrected chi connectivity index (χ2v) is 7.29. The van der Waals surface area contributed by atoms with E-state index in [2.05, 4.69) is 30.7 Å². The van der Waals surface area contributed by atoms with Crippen LogP contribution in [0.3, 0.4) is 0 Å². The van der Waals surface area contributed by atoms with E-state index in [9.17, 15) is 9.18 Å². The number of nitrogens with zero attached hydrogens (tertiary/aromatic N) is 4. The zero-order valence-electron chi connectivity index (χ0n) is 14.6. The lowest BCUT2D eigenvalue weighted by molar-refractivity contribution is 0.342. The normalized spacial score (nSPS) is 12.1. The Bertz CT molecular complexity index is 979. The van der Waals surface area contributed by atoms with Gasteiger partial charge in [-0.15, -0.1) is 0 Å². The first kappa shape index (κ1) is 16.4. The molecule has 3 rings (SSSR count). The van der Waals surface area contributed by atoms with Crippen molar-refractivity contribution in [2.24, 2.45) is 12.5 Å². The third-order valence-electron chi connectivity index (χ3n) is 3.94. The Morgan fingerprint density at radius 2 is 1.83 bits per heavy atom. The number of imidazole rings is 1. The first-order valence-electron chi connectivity index (χ1n) is 7.87. The smallest absolute Gasteiger partial charge is 0.290 e. The van der Waals surface area contributed by atoms with Crippen molar-refractivity contribution in [3.63, 3.8) is 0 Å². The van der Waals surface area contributed by atoms with Gasteiger partial charge < -0.3 is 0 Å². The molecule has 3 aromatic heterocycles. The van der Waals surface area contributed by atoms with Gasteiger partial charge in [0.1, 0.15) is 0 Å². The number of hydrogen-bond acceptors (Lipinski definition) is 3. The molecule has 0 spiro atoms. The third kappa shape index (κ3) is 2.84. The lowest BCUT2D eigenvalue weighted by Crippen LogP contribution is -2.27. The van der Waals surface area contributed by atoms with Crippen LogP contribution in [0.4, 0.5) is 4.39 Å². The number of hydrogen-bond donors (Lipinski definition) is 0. The summed E-state index contributed by atoms with van der Waals surface area (Å²) in [6, 6.07) is 6.73. The number of pyridine rings is 2. The lowest BCUT2D eigenvalue weighted by atomic mass is 9.97. The van der Waals surface area contributed by atoms with Gasteiger partial charge in [-0.2, -0.15) is 4.39 Å². The van der Waals surface area contributed by atoms with E-state index in [1.807, 2.05) is 12.1 Å². The molecule has 3 heterocycles. The molecule has 0 saturated carbocycles. The highest BCUT2D eigenvalue weighted by Gasteiger charge is 2.19. The summed E-state index contributed by atoms with van der Waals surface area (Å²) in [5, 5.41) is 0. The monoisotopic (exact) mass is 328 g/mol. The van der Waals surface area contributed by atoms with E-state index in [1.165, 1.54) is 6.07 Å². The third-order valence-corrected chi connectivity index (χ3v) is 3.94. The van der Waals surface area contributed by atoms with Gasteiger partial charge in [0, 0.05) is 24.8 Å². The second kappa shape index (κ2) is 5.54. The van der Waals surface area contributed by atoms with Gasteiger partial charge in [0.2, 0.25) is 5.95 Å². The van der Waals surface area contributed by atoms with Crippen LogP contribution in [0.25, 0.3) is 22.4 Å². The molecule has 0 aliphatic rings. The fraction of sp³-hybridized carbons (Fsp3) is 0.389. The summed E-state index contributed by atoms with van der Waals surface area (Å²) in [5.74, 6) is -0.513. The predicted molar refractivity (Wildman–Crippen MR) is 92.4 cm³/mol. The van der Waals surface area contributed by atoms with Gasteiger partial charge in [0.25, 0.3) is 0 Å². The minimum atomic E-state index is -0.513. The summed E-state index contributed by atoms with van der Waals surface area (Å²) >= 11 is 0. The van der Waals surface area contributed by atoms with Crippen molar-refractivity contribution >= 4 is 11.2 Å². The molecule has 0 amide bonds. The summed E-state index contributed by atoms with van der Waals surface area (Å²) in [7, 11) is 1.72. The molecule has 0 atom stereocenters. The Labute approximate surface area is 139 Å². The molecule has 0 saturated heterocycles. The Hall–Kier alpha value is -2.50. The highest BCUT2D eigenvalue weighted by molar-refractivity contribution is 5.76. The first-order chi connectivity index (χ1) is 11.2. The van der Waals surface area contributed by atoms with Crippen LogP contribution in [-0.4, -0.2) is 19.1 Å². The molecule has 0 aliphatic heterocycles. The van der Waals surface area contributed by atoms with Crippen LogP contribution in [0.2, 0.25) is 0 Å². The number of halogens is 1. The maximum atomic E-state index is 13.2. The fourth-order valence-corrected chi connectivity index (χ4v) is 2.85. The Kier molecular flexibility index (Phi) is 3.78. The van der Waals surface area contributed by atoms with Crippen molar-refractivity contribution in [1.82, 2.24) is 19.1 Å². The van der Waals surface area contributed by atoms with Gasteiger partial charge in [0.05, 0.1) is 11.2 Å². The van der Waals surface area contributed by atoms with Crippen molar-refractivity contribution < 1.29 is 4.39 Å². The van der Waals surface area contributed by atoms with Gasteiger partial charge in [0.15, 0.2) is 5.65 Å². The largest absolute Gasteiger partial charge is 0.330 e. The maximum absolute atomic E-state index is 13.2. The second-order valence-electron chi connectivity index (χ2n) is 7.29. The fourth-order valence-electron chi connectivity index (χ4n) is 2.85. The van der Waals surface area contributed by atoms with E-state index in [0.29, 0.717) is 23.6 Å². The van der Waals surface area contributed by atoms with Crippen LogP contribution in [0.15, 0.2) is 29.1 Å².